The van der Waals surface area contributed by atoms with Crippen molar-refractivity contribution in [3.63, 3.8) is 0 Å². The molecule has 1 N–H and O–H groups in total. The minimum Gasteiger partial charge on any atom is -0.372 e. The molecule has 1 saturated carbocycles. The van der Waals surface area contributed by atoms with E-state index in [2.05, 4.69) is 44.8 Å². The minimum atomic E-state index is 0.546. The fourth-order valence-corrected chi connectivity index (χ4v) is 2.92. The Morgan fingerprint density at radius 3 is 3.06 bits per heavy atom. The van der Waals surface area contributed by atoms with Crippen molar-refractivity contribution < 1.29 is 0 Å². The highest BCUT2D eigenvalue weighted by molar-refractivity contribution is 5.87. The summed E-state index contributed by atoms with van der Waals surface area (Å²) < 4.78 is 2.29. The van der Waals surface area contributed by atoms with Crippen LogP contribution in [0.4, 0.5) is 5.82 Å². The molecular weight excluding hydrogens is 224 g/mol. The molecule has 1 aliphatic carbocycles. The summed E-state index contributed by atoms with van der Waals surface area (Å²) in [7, 11) is 1.89. The number of anilines is 1. The zero-order chi connectivity index (χ0) is 12.5. The first kappa shape index (κ1) is 11.3. The zero-order valence-electron chi connectivity index (χ0n) is 10.6. The van der Waals surface area contributed by atoms with Gasteiger partial charge in [-0.3, -0.25) is 0 Å². The van der Waals surface area contributed by atoms with E-state index in [1.165, 1.54) is 19.3 Å². The van der Waals surface area contributed by atoms with Crippen LogP contribution in [0.1, 0.15) is 25.3 Å². The number of allylic oxidation sites excluding steroid dienone is 1. The van der Waals surface area contributed by atoms with Gasteiger partial charge in [-0.15, -0.1) is 6.58 Å². The SMILES string of the molecule is C=CC1CCC(n2ccc3c(NC)ncnc32)C1. The second-order valence-corrected chi connectivity index (χ2v) is 4.90. The van der Waals surface area contributed by atoms with Gasteiger partial charge >= 0.3 is 0 Å². The van der Waals surface area contributed by atoms with Crippen molar-refractivity contribution in [1.29, 1.82) is 0 Å². The van der Waals surface area contributed by atoms with Gasteiger partial charge < -0.3 is 9.88 Å². The molecule has 0 bridgehead atoms. The molecule has 2 atom stereocenters. The highest BCUT2D eigenvalue weighted by Crippen LogP contribution is 2.37. The van der Waals surface area contributed by atoms with E-state index in [0.717, 1.165) is 16.9 Å². The van der Waals surface area contributed by atoms with E-state index in [0.29, 0.717) is 12.0 Å². The third-order valence-corrected chi connectivity index (χ3v) is 3.92. The molecule has 2 aromatic rings. The van der Waals surface area contributed by atoms with Crippen LogP contribution < -0.4 is 5.32 Å². The van der Waals surface area contributed by atoms with Gasteiger partial charge in [0.25, 0.3) is 0 Å². The van der Waals surface area contributed by atoms with Crippen LogP contribution in [-0.4, -0.2) is 21.6 Å². The van der Waals surface area contributed by atoms with Gasteiger partial charge in [-0.1, -0.05) is 6.08 Å². The van der Waals surface area contributed by atoms with Gasteiger partial charge in [0.1, 0.15) is 17.8 Å². The molecule has 0 spiro atoms. The fourth-order valence-electron chi connectivity index (χ4n) is 2.92. The molecule has 3 rings (SSSR count). The van der Waals surface area contributed by atoms with Gasteiger partial charge in [-0.2, -0.15) is 0 Å². The standard InChI is InChI=1S/C14H18N4/c1-3-10-4-5-11(8-10)18-7-6-12-13(15-2)16-9-17-14(12)18/h3,6-7,9-11H,1,4-5,8H2,2H3,(H,15,16,17). The first-order chi connectivity index (χ1) is 8.83. The number of aromatic nitrogens is 3. The maximum absolute atomic E-state index is 4.43. The van der Waals surface area contributed by atoms with Gasteiger partial charge in [0, 0.05) is 19.3 Å². The normalized spacial score (nSPS) is 23.4. The monoisotopic (exact) mass is 242 g/mol. The largest absolute Gasteiger partial charge is 0.372 e. The lowest BCUT2D eigenvalue weighted by molar-refractivity contribution is 0.518. The molecule has 1 aliphatic rings. The molecule has 2 heterocycles. The molecule has 0 saturated heterocycles. The summed E-state index contributed by atoms with van der Waals surface area (Å²) in [6.45, 7) is 3.90. The molecule has 4 heteroatoms. The quantitative estimate of drug-likeness (QED) is 0.841. The van der Waals surface area contributed by atoms with E-state index in [-0.39, 0.29) is 0 Å². The first-order valence-electron chi connectivity index (χ1n) is 6.45. The van der Waals surface area contributed by atoms with Crippen molar-refractivity contribution >= 4 is 16.9 Å². The number of nitrogens with zero attached hydrogens (tertiary/aromatic N) is 3. The Morgan fingerprint density at radius 1 is 1.44 bits per heavy atom. The Labute approximate surface area is 107 Å². The lowest BCUT2D eigenvalue weighted by Gasteiger charge is -2.13. The molecule has 0 aliphatic heterocycles. The van der Waals surface area contributed by atoms with E-state index < -0.39 is 0 Å². The number of hydrogen-bond donors (Lipinski definition) is 1. The van der Waals surface area contributed by atoms with Crippen LogP contribution in [0.15, 0.2) is 31.2 Å². The van der Waals surface area contributed by atoms with Crippen LogP contribution >= 0.6 is 0 Å². The van der Waals surface area contributed by atoms with E-state index >= 15 is 0 Å². The molecular formula is C14H18N4. The highest BCUT2D eigenvalue weighted by Gasteiger charge is 2.25. The third kappa shape index (κ3) is 1.68. The Kier molecular flexibility index (Phi) is 2.78. The van der Waals surface area contributed by atoms with Gasteiger partial charge in [0.2, 0.25) is 0 Å². The van der Waals surface area contributed by atoms with Crippen molar-refractivity contribution in [3.05, 3.63) is 31.2 Å². The van der Waals surface area contributed by atoms with Crippen LogP contribution in [0.3, 0.4) is 0 Å². The summed E-state index contributed by atoms with van der Waals surface area (Å²) in [5, 5.41) is 4.21. The Hall–Kier alpha value is -1.84. The van der Waals surface area contributed by atoms with Crippen molar-refractivity contribution in [2.75, 3.05) is 12.4 Å². The van der Waals surface area contributed by atoms with Crippen LogP contribution in [-0.2, 0) is 0 Å². The van der Waals surface area contributed by atoms with Crippen molar-refractivity contribution in [2.45, 2.75) is 25.3 Å². The molecule has 94 valence electrons. The topological polar surface area (TPSA) is 42.7 Å². The third-order valence-electron chi connectivity index (χ3n) is 3.92. The van der Waals surface area contributed by atoms with Gasteiger partial charge in [0.05, 0.1) is 5.39 Å². The second kappa shape index (κ2) is 4.44. The second-order valence-electron chi connectivity index (χ2n) is 4.90. The predicted octanol–water partition coefficient (Wildman–Crippen LogP) is 3.00. The smallest absolute Gasteiger partial charge is 0.145 e. The maximum Gasteiger partial charge on any atom is 0.145 e. The predicted molar refractivity (Wildman–Crippen MR) is 73.6 cm³/mol. The molecule has 2 aromatic heterocycles. The summed E-state index contributed by atoms with van der Waals surface area (Å²) in [5.41, 5.74) is 1.03. The first-order valence-corrected chi connectivity index (χ1v) is 6.45. The zero-order valence-corrected chi connectivity index (χ0v) is 10.6. The minimum absolute atomic E-state index is 0.546. The number of fused-ring (bicyclic) bond motifs is 1. The van der Waals surface area contributed by atoms with Crippen LogP contribution in [0, 0.1) is 5.92 Å². The molecule has 0 amide bonds. The average molecular weight is 242 g/mol. The van der Waals surface area contributed by atoms with Crippen molar-refractivity contribution in [3.8, 4) is 0 Å². The van der Waals surface area contributed by atoms with Crippen LogP contribution in [0.2, 0.25) is 0 Å². The summed E-state index contributed by atoms with van der Waals surface area (Å²) in [6.07, 6.45) is 9.46. The molecule has 0 aromatic carbocycles. The fraction of sp³-hybridized carbons (Fsp3) is 0.429. The van der Waals surface area contributed by atoms with Crippen LogP contribution in [0.25, 0.3) is 11.0 Å². The average Bonchev–Trinajstić information content (AvgIpc) is 3.03. The molecule has 4 nitrogen and oxygen atoms in total. The lowest BCUT2D eigenvalue weighted by Crippen LogP contribution is -2.05. The van der Waals surface area contributed by atoms with Crippen molar-refractivity contribution in [1.82, 2.24) is 14.5 Å². The Bertz CT molecular complexity index is 572. The van der Waals surface area contributed by atoms with E-state index in [1.807, 2.05) is 7.05 Å². The van der Waals surface area contributed by atoms with Gasteiger partial charge in [-0.05, 0) is 31.2 Å². The summed E-state index contributed by atoms with van der Waals surface area (Å²) in [5.74, 6) is 1.55. The van der Waals surface area contributed by atoms with Crippen LogP contribution in [0.5, 0.6) is 0 Å². The highest BCUT2D eigenvalue weighted by atomic mass is 15.1. The summed E-state index contributed by atoms with van der Waals surface area (Å²) in [4.78, 5) is 8.68. The molecule has 0 radical (unpaired) electrons. The Morgan fingerprint density at radius 2 is 2.33 bits per heavy atom. The van der Waals surface area contributed by atoms with E-state index in [9.17, 15) is 0 Å². The molecule has 2 unspecified atom stereocenters. The van der Waals surface area contributed by atoms with Gasteiger partial charge in [-0.25, -0.2) is 9.97 Å². The van der Waals surface area contributed by atoms with Gasteiger partial charge in [0.15, 0.2) is 0 Å². The summed E-state index contributed by atoms with van der Waals surface area (Å²) in [6, 6.07) is 2.65. The number of hydrogen-bond acceptors (Lipinski definition) is 3. The lowest BCUT2D eigenvalue weighted by atomic mass is 10.1. The Balaban J connectivity index is 2.01. The van der Waals surface area contributed by atoms with E-state index in [4.69, 9.17) is 0 Å². The molecule has 1 fully saturated rings. The number of nitrogens with one attached hydrogen (secondary N) is 1. The van der Waals surface area contributed by atoms with Crippen molar-refractivity contribution in [2.24, 2.45) is 5.92 Å². The van der Waals surface area contributed by atoms with E-state index in [1.54, 1.807) is 6.33 Å². The maximum atomic E-state index is 4.43. The number of rotatable bonds is 3. The summed E-state index contributed by atoms with van der Waals surface area (Å²) >= 11 is 0. The molecule has 18 heavy (non-hydrogen) atoms.